The zero-order chi connectivity index (χ0) is 30.8. The van der Waals surface area contributed by atoms with Gasteiger partial charge in [-0.3, -0.25) is 9.59 Å². The highest BCUT2D eigenvalue weighted by Gasteiger charge is 2.36. The Labute approximate surface area is 254 Å². The van der Waals surface area contributed by atoms with Crippen LogP contribution >= 0.6 is 15.9 Å². The molecular weight excluding hydrogens is 627 g/mol. The lowest BCUT2D eigenvalue weighted by Gasteiger charge is -2.38. The van der Waals surface area contributed by atoms with Crippen LogP contribution in [0.15, 0.2) is 51.9 Å². The summed E-state index contributed by atoms with van der Waals surface area (Å²) in [5.41, 5.74) is 1.50. The Morgan fingerprint density at radius 2 is 1.81 bits per heavy atom. The van der Waals surface area contributed by atoms with E-state index in [0.29, 0.717) is 22.9 Å². The van der Waals surface area contributed by atoms with E-state index in [9.17, 15) is 22.8 Å². The summed E-state index contributed by atoms with van der Waals surface area (Å²) >= 11 is 2.93. The van der Waals surface area contributed by atoms with Gasteiger partial charge in [-0.25, -0.2) is 19.2 Å². The second kappa shape index (κ2) is 10.6. The molecular formula is C30H29BrF3N7O2. The summed E-state index contributed by atoms with van der Waals surface area (Å²) in [6.45, 7) is 9.45. The molecule has 0 saturated carbocycles. The first-order chi connectivity index (χ1) is 20.3. The quantitative estimate of drug-likeness (QED) is 0.298. The molecule has 2 aliphatic heterocycles. The number of benzene rings is 1. The summed E-state index contributed by atoms with van der Waals surface area (Å²) in [7, 11) is 0. The fourth-order valence-corrected chi connectivity index (χ4v) is 6.22. The van der Waals surface area contributed by atoms with Crippen LogP contribution in [0.3, 0.4) is 0 Å². The van der Waals surface area contributed by atoms with E-state index in [2.05, 4.69) is 37.8 Å². The normalized spacial score (nSPS) is 17.2. The number of pyridine rings is 1. The third-order valence-corrected chi connectivity index (χ3v) is 8.64. The summed E-state index contributed by atoms with van der Waals surface area (Å²) in [4.78, 5) is 40.8. The third-order valence-electron chi connectivity index (χ3n) is 7.95. The van der Waals surface area contributed by atoms with Crippen LogP contribution in [0.25, 0.3) is 11.6 Å². The molecule has 9 nitrogen and oxygen atoms in total. The molecule has 1 saturated heterocycles. The first kappa shape index (κ1) is 29.1. The van der Waals surface area contributed by atoms with Crippen LogP contribution in [0.2, 0.25) is 0 Å². The topological polar surface area (TPSA) is 89.2 Å². The first-order valence-corrected chi connectivity index (χ1v) is 14.7. The summed E-state index contributed by atoms with van der Waals surface area (Å²) in [5.74, 6) is 1.11. The van der Waals surface area contributed by atoms with Crippen molar-refractivity contribution in [3.8, 4) is 11.6 Å². The Morgan fingerprint density at radius 1 is 1.07 bits per heavy atom. The monoisotopic (exact) mass is 655 g/mol. The minimum atomic E-state index is -4.63. The second-order valence-corrected chi connectivity index (χ2v) is 12.2. The van der Waals surface area contributed by atoms with Crippen LogP contribution in [-0.2, 0) is 19.1 Å². The molecule has 1 fully saturated rings. The number of hydrogen-bond acceptors (Lipinski definition) is 6. The Balaban J connectivity index is 1.42. The predicted octanol–water partition coefficient (Wildman–Crippen LogP) is 5.25. The molecule has 43 heavy (non-hydrogen) atoms. The molecule has 0 aliphatic carbocycles. The molecule has 0 N–H and O–H groups in total. The van der Waals surface area contributed by atoms with E-state index in [1.807, 2.05) is 32.0 Å². The SMILES string of the molecule is Cc1cc(C)n(-c2nc3c(c(=O)n2-c2ccc(N4CC(C)C4)nc2)C[C@@H](C)N(C(=O)c2ccc(Br)c(C(F)(F)F)c2)C3)n1. The number of carbonyl (C=O) groups excluding carboxylic acids is 1. The average Bonchev–Trinajstić information content (AvgIpc) is 3.28. The van der Waals surface area contributed by atoms with Crippen LogP contribution in [0.4, 0.5) is 19.0 Å². The van der Waals surface area contributed by atoms with Crippen LogP contribution in [0.5, 0.6) is 0 Å². The summed E-state index contributed by atoms with van der Waals surface area (Å²) in [6, 6.07) is 8.55. The lowest BCUT2D eigenvalue weighted by Crippen LogP contribution is -2.46. The Kier molecular flexibility index (Phi) is 7.18. The molecule has 1 amide bonds. The molecule has 13 heteroatoms. The van der Waals surface area contributed by atoms with E-state index >= 15 is 0 Å². The molecule has 0 spiro atoms. The van der Waals surface area contributed by atoms with Crippen molar-refractivity contribution in [1.29, 1.82) is 0 Å². The number of carbonyl (C=O) groups is 1. The number of alkyl halides is 3. The maximum atomic E-state index is 14.1. The highest BCUT2D eigenvalue weighted by atomic mass is 79.9. The number of aryl methyl sites for hydroxylation is 2. The molecule has 2 aliphatic rings. The van der Waals surface area contributed by atoms with Crippen molar-refractivity contribution < 1.29 is 18.0 Å². The summed E-state index contributed by atoms with van der Waals surface area (Å²) in [5, 5.41) is 4.57. The van der Waals surface area contributed by atoms with Crippen molar-refractivity contribution >= 4 is 27.7 Å². The maximum absolute atomic E-state index is 14.1. The standard InChI is InChI=1S/C30H29BrF3N7O2/c1-16-13-38(14-16)26-8-6-21(12-35-26)40-28(43)22-10-18(3)39(15-25(22)36-29(40)41-19(4)9-17(2)37-41)27(42)20-5-7-24(31)23(11-20)30(32,33)34/h5-9,11-12,16,18H,10,13-15H2,1-4H3/t18-/m1/s1. The van der Waals surface area contributed by atoms with Gasteiger partial charge in [-0.2, -0.15) is 18.3 Å². The van der Waals surface area contributed by atoms with E-state index in [1.165, 1.54) is 21.6 Å². The predicted molar refractivity (Wildman–Crippen MR) is 158 cm³/mol. The van der Waals surface area contributed by atoms with Crippen molar-refractivity contribution in [1.82, 2.24) is 29.2 Å². The smallest absolute Gasteiger partial charge is 0.356 e. The van der Waals surface area contributed by atoms with E-state index in [-0.39, 0.29) is 34.5 Å². The van der Waals surface area contributed by atoms with Crippen molar-refractivity contribution in [2.45, 2.75) is 52.9 Å². The van der Waals surface area contributed by atoms with E-state index in [4.69, 9.17) is 4.98 Å². The van der Waals surface area contributed by atoms with Gasteiger partial charge in [0.25, 0.3) is 11.5 Å². The molecule has 1 aromatic carbocycles. The van der Waals surface area contributed by atoms with Gasteiger partial charge < -0.3 is 9.80 Å². The van der Waals surface area contributed by atoms with Gasteiger partial charge in [-0.05, 0) is 69.5 Å². The highest BCUT2D eigenvalue weighted by molar-refractivity contribution is 9.10. The number of nitrogens with zero attached hydrogens (tertiary/aromatic N) is 7. The Hall–Kier alpha value is -4.00. The third kappa shape index (κ3) is 5.23. The largest absolute Gasteiger partial charge is 0.417 e. The van der Waals surface area contributed by atoms with E-state index in [1.54, 1.807) is 17.8 Å². The van der Waals surface area contributed by atoms with Crippen molar-refractivity contribution in [3.63, 3.8) is 0 Å². The molecule has 1 atom stereocenters. The van der Waals surface area contributed by atoms with Gasteiger partial charge in [0, 0.05) is 40.4 Å². The van der Waals surface area contributed by atoms with Gasteiger partial charge in [0.05, 0.1) is 35.4 Å². The van der Waals surface area contributed by atoms with Gasteiger partial charge in [0.1, 0.15) is 5.82 Å². The van der Waals surface area contributed by atoms with E-state index in [0.717, 1.165) is 36.4 Å². The number of anilines is 1. The zero-order valence-electron chi connectivity index (χ0n) is 24.0. The molecule has 4 aromatic rings. The minimum Gasteiger partial charge on any atom is -0.356 e. The summed E-state index contributed by atoms with van der Waals surface area (Å²) in [6.07, 6.45) is -2.79. The van der Waals surface area contributed by atoms with Crippen LogP contribution in [-0.4, -0.2) is 54.3 Å². The fraction of sp³-hybridized carbons (Fsp3) is 0.367. The first-order valence-electron chi connectivity index (χ1n) is 13.9. The lowest BCUT2D eigenvalue weighted by molar-refractivity contribution is -0.138. The number of amides is 1. The summed E-state index contributed by atoms with van der Waals surface area (Å²) < 4.78 is 43.6. The van der Waals surface area contributed by atoms with Crippen molar-refractivity contribution in [2.24, 2.45) is 5.92 Å². The molecule has 0 bridgehead atoms. The van der Waals surface area contributed by atoms with E-state index < -0.39 is 23.7 Å². The maximum Gasteiger partial charge on any atom is 0.417 e. The number of halogens is 4. The Morgan fingerprint density at radius 3 is 2.42 bits per heavy atom. The van der Waals surface area contributed by atoms with Crippen LogP contribution < -0.4 is 10.5 Å². The van der Waals surface area contributed by atoms with Gasteiger partial charge in [-0.15, -0.1) is 0 Å². The van der Waals surface area contributed by atoms with Crippen LogP contribution in [0.1, 0.15) is 52.4 Å². The van der Waals surface area contributed by atoms with Gasteiger partial charge in [-0.1, -0.05) is 22.9 Å². The molecule has 224 valence electrons. The number of aromatic nitrogens is 5. The Bertz CT molecular complexity index is 1790. The number of rotatable bonds is 4. The van der Waals surface area contributed by atoms with Gasteiger partial charge in [0.2, 0.25) is 5.95 Å². The van der Waals surface area contributed by atoms with Crippen molar-refractivity contribution in [3.05, 3.63) is 91.2 Å². The molecule has 0 radical (unpaired) electrons. The molecule has 0 unspecified atom stereocenters. The second-order valence-electron chi connectivity index (χ2n) is 11.4. The number of fused-ring (bicyclic) bond motifs is 1. The molecule has 5 heterocycles. The average molecular weight is 657 g/mol. The van der Waals surface area contributed by atoms with Gasteiger partial charge >= 0.3 is 6.18 Å². The van der Waals surface area contributed by atoms with Gasteiger partial charge in [0.15, 0.2) is 0 Å². The zero-order valence-corrected chi connectivity index (χ0v) is 25.6. The minimum absolute atomic E-state index is 0.0422. The molecule has 3 aromatic heterocycles. The molecule has 6 rings (SSSR count). The number of hydrogen-bond donors (Lipinski definition) is 0. The lowest BCUT2D eigenvalue weighted by atomic mass is 9.98. The highest BCUT2D eigenvalue weighted by Crippen LogP contribution is 2.36. The van der Waals surface area contributed by atoms with Crippen LogP contribution in [0, 0.1) is 19.8 Å². The van der Waals surface area contributed by atoms with Crippen molar-refractivity contribution in [2.75, 3.05) is 18.0 Å². The fourth-order valence-electron chi connectivity index (χ4n) is 5.75.